The van der Waals surface area contributed by atoms with Crippen LogP contribution in [-0.4, -0.2) is 37.6 Å². The van der Waals surface area contributed by atoms with Gasteiger partial charge in [-0.25, -0.2) is 9.13 Å². The second-order valence-electron chi connectivity index (χ2n) is 12.2. The lowest BCUT2D eigenvalue weighted by Gasteiger charge is -2.23. The van der Waals surface area contributed by atoms with Crippen LogP contribution in [0.25, 0.3) is 17.1 Å². The van der Waals surface area contributed by atoms with Gasteiger partial charge in [0.2, 0.25) is 0 Å². The van der Waals surface area contributed by atoms with Crippen molar-refractivity contribution in [2.24, 2.45) is 7.05 Å². The predicted octanol–water partition coefficient (Wildman–Crippen LogP) is 7.06. The summed E-state index contributed by atoms with van der Waals surface area (Å²) in [6, 6.07) is 16.8. The Labute approximate surface area is 299 Å². The zero-order chi connectivity index (χ0) is 38.7. The molecule has 0 aliphatic carbocycles. The number of imidazole rings is 1. The summed E-state index contributed by atoms with van der Waals surface area (Å²) in [5, 5.41) is 0. The molecule has 4 aromatic carbocycles. The Morgan fingerprint density at radius 3 is 1.74 bits per heavy atom. The van der Waals surface area contributed by atoms with Gasteiger partial charge in [-0.15, -0.1) is 0 Å². The summed E-state index contributed by atoms with van der Waals surface area (Å²) < 4.78 is 151. The summed E-state index contributed by atoms with van der Waals surface area (Å²) in [5.74, 6) is 0.805. The van der Waals surface area contributed by atoms with Gasteiger partial charge in [0, 0.05) is 25.7 Å². The summed E-state index contributed by atoms with van der Waals surface area (Å²) >= 11 is 0. The first-order valence-corrected chi connectivity index (χ1v) is 18.3. The van der Waals surface area contributed by atoms with Crippen molar-refractivity contribution in [2.75, 3.05) is 16.8 Å². The highest BCUT2D eigenvalue weighted by molar-refractivity contribution is 7.86. The third-order valence-corrected chi connectivity index (χ3v) is 10.5. The Bertz CT molecular complexity index is 2510. The maximum absolute atomic E-state index is 13.8. The molecule has 0 atom stereocenters. The molecule has 1 aromatic heterocycles. The minimum absolute atomic E-state index is 0.0160. The van der Waals surface area contributed by atoms with Gasteiger partial charge in [0.1, 0.15) is 12.4 Å². The zero-order valence-electron chi connectivity index (χ0n) is 27.6. The maximum atomic E-state index is 13.8. The van der Waals surface area contributed by atoms with Crippen molar-refractivity contribution in [3.05, 3.63) is 131 Å². The average molecular weight is 780 g/mol. The predicted molar refractivity (Wildman–Crippen MR) is 183 cm³/mol. The second kappa shape index (κ2) is 13.4. The SMILES string of the molecule is CN1/C(=C/C=C\c2n(Cc3ccc(S(=O)(=O)O)cc3)c3cc(C(F)(F)F)ccc3[n+]2C)N(Cc2ccc(S(=O)(=O)O)cc2)c2cc(C(F)(F)F)ccc21. The minimum atomic E-state index is -4.65. The number of alkyl halides is 6. The lowest BCUT2D eigenvalue weighted by Crippen LogP contribution is -2.31. The van der Waals surface area contributed by atoms with Crippen LogP contribution in [0.4, 0.5) is 37.7 Å². The topological polar surface area (TPSA) is 124 Å². The third-order valence-electron chi connectivity index (χ3n) is 8.76. The molecule has 18 heteroatoms. The number of benzene rings is 4. The van der Waals surface area contributed by atoms with E-state index in [4.69, 9.17) is 0 Å². The first-order valence-electron chi connectivity index (χ1n) is 15.5. The molecule has 0 amide bonds. The van der Waals surface area contributed by atoms with Crippen molar-refractivity contribution < 1.29 is 56.9 Å². The summed E-state index contributed by atoms with van der Waals surface area (Å²) in [5.41, 5.74) is 0.470. The molecule has 0 saturated carbocycles. The number of aromatic nitrogens is 2. The molecule has 10 nitrogen and oxygen atoms in total. The van der Waals surface area contributed by atoms with Gasteiger partial charge in [0.15, 0.2) is 11.0 Å². The van der Waals surface area contributed by atoms with Crippen LogP contribution in [0.5, 0.6) is 0 Å². The van der Waals surface area contributed by atoms with Crippen molar-refractivity contribution in [2.45, 2.75) is 35.2 Å². The molecular formula is C35H29F6N4O6S2+. The van der Waals surface area contributed by atoms with E-state index >= 15 is 0 Å². The average Bonchev–Trinajstić information content (AvgIpc) is 3.48. The molecule has 0 spiro atoms. The molecule has 5 aromatic rings. The Balaban J connectivity index is 1.44. The quantitative estimate of drug-likeness (QED) is 0.0976. The molecule has 0 fully saturated rings. The van der Waals surface area contributed by atoms with Crippen molar-refractivity contribution in [1.82, 2.24) is 4.57 Å². The summed E-state index contributed by atoms with van der Waals surface area (Å²) in [7, 11) is -5.71. The monoisotopic (exact) mass is 779 g/mol. The van der Waals surface area contributed by atoms with E-state index in [1.165, 1.54) is 60.7 Å². The van der Waals surface area contributed by atoms with Crippen molar-refractivity contribution >= 4 is 48.7 Å². The molecule has 1 aliphatic heterocycles. The zero-order valence-corrected chi connectivity index (χ0v) is 29.3. The molecule has 2 N–H and O–H groups in total. The molecule has 53 heavy (non-hydrogen) atoms. The minimum Gasteiger partial charge on any atom is -0.329 e. The lowest BCUT2D eigenvalue weighted by atomic mass is 10.1. The Hall–Kier alpha value is -5.17. The molecule has 0 bridgehead atoms. The van der Waals surface area contributed by atoms with Gasteiger partial charge in [-0.1, -0.05) is 30.3 Å². The smallest absolute Gasteiger partial charge is 0.329 e. The number of anilines is 2. The summed E-state index contributed by atoms with van der Waals surface area (Å²) in [6.45, 7) is -0.0320. The van der Waals surface area contributed by atoms with E-state index < -0.39 is 43.7 Å². The first kappa shape index (κ1) is 37.6. The van der Waals surface area contributed by atoms with E-state index in [1.807, 2.05) is 0 Å². The molecule has 278 valence electrons. The van der Waals surface area contributed by atoms with Crippen LogP contribution in [-0.2, 0) is 52.7 Å². The van der Waals surface area contributed by atoms with E-state index in [0.29, 0.717) is 34.0 Å². The second-order valence-corrected chi connectivity index (χ2v) is 15.0. The highest BCUT2D eigenvalue weighted by Crippen LogP contribution is 2.45. The van der Waals surface area contributed by atoms with Gasteiger partial charge in [0.05, 0.1) is 39.3 Å². The van der Waals surface area contributed by atoms with Crippen molar-refractivity contribution in [1.29, 1.82) is 0 Å². The molecule has 2 heterocycles. The molecule has 0 saturated heterocycles. The van der Waals surface area contributed by atoms with Gasteiger partial charge in [-0.3, -0.25) is 9.11 Å². The largest absolute Gasteiger partial charge is 0.416 e. The fraction of sp³-hybridized carbons (Fsp3) is 0.171. The van der Waals surface area contributed by atoms with Crippen LogP contribution in [0.15, 0.2) is 113 Å². The lowest BCUT2D eigenvalue weighted by molar-refractivity contribution is -0.647. The summed E-state index contributed by atoms with van der Waals surface area (Å²) in [6.07, 6.45) is -4.52. The van der Waals surface area contributed by atoms with Gasteiger partial charge >= 0.3 is 12.4 Å². The van der Waals surface area contributed by atoms with E-state index in [1.54, 1.807) is 51.3 Å². The van der Waals surface area contributed by atoms with Crippen LogP contribution >= 0.6 is 0 Å². The molecule has 1 aliphatic rings. The normalized spacial score (nSPS) is 14.9. The number of fused-ring (bicyclic) bond motifs is 2. The third kappa shape index (κ3) is 7.66. The number of rotatable bonds is 8. The standard InChI is InChI=1S/C35H28F6N4O6S2/c1-42-28-16-10-24(34(36,37)38)18-30(28)44(20-22-6-12-26(13-7-22)52(46,47)48)32(42)4-3-5-33-43(2)29-17-11-25(35(39,40)41)19-31(29)45(33)21-23-8-14-27(15-9-23)53(49,50)51/h3-19H,20-21H2,1-2H3,(H-,46,47,48,49,50,51)/p+1. The van der Waals surface area contributed by atoms with Gasteiger partial charge in [0.25, 0.3) is 26.1 Å². The number of nitrogens with zero attached hydrogens (tertiary/aromatic N) is 4. The van der Waals surface area contributed by atoms with Crippen molar-refractivity contribution in [3.8, 4) is 0 Å². The van der Waals surface area contributed by atoms with Gasteiger partial charge in [-0.05, 0) is 71.8 Å². The number of hydrogen-bond acceptors (Lipinski definition) is 6. The van der Waals surface area contributed by atoms with Crippen LogP contribution in [0, 0.1) is 0 Å². The van der Waals surface area contributed by atoms with E-state index in [9.17, 15) is 52.3 Å². The van der Waals surface area contributed by atoms with Gasteiger partial charge < -0.3 is 9.80 Å². The number of allylic oxidation sites excluding steroid dienone is 2. The fourth-order valence-electron chi connectivity index (χ4n) is 6.11. The van der Waals surface area contributed by atoms with Crippen LogP contribution in [0.1, 0.15) is 28.1 Å². The number of hydrogen-bond donors (Lipinski definition) is 2. The molecule has 0 unspecified atom stereocenters. The Kier molecular flexibility index (Phi) is 9.47. The first-order chi connectivity index (χ1) is 24.6. The molecule has 6 rings (SSSR count). The summed E-state index contributed by atoms with van der Waals surface area (Å²) in [4.78, 5) is 2.50. The Morgan fingerprint density at radius 2 is 1.21 bits per heavy atom. The highest BCUT2D eigenvalue weighted by atomic mass is 32.2. The van der Waals surface area contributed by atoms with E-state index in [0.717, 1.165) is 24.3 Å². The fourth-order valence-corrected chi connectivity index (χ4v) is 7.07. The van der Waals surface area contributed by atoms with Gasteiger partial charge in [-0.2, -0.15) is 43.2 Å². The Morgan fingerprint density at radius 1 is 0.698 bits per heavy atom. The van der Waals surface area contributed by atoms with E-state index in [-0.39, 0.29) is 34.1 Å². The van der Waals surface area contributed by atoms with Crippen LogP contribution in [0.2, 0.25) is 0 Å². The van der Waals surface area contributed by atoms with E-state index in [2.05, 4.69) is 0 Å². The number of aryl methyl sites for hydroxylation is 1. The highest BCUT2D eigenvalue weighted by Gasteiger charge is 2.36. The number of halogens is 6. The van der Waals surface area contributed by atoms with Crippen LogP contribution in [0.3, 0.4) is 0 Å². The molecular weight excluding hydrogens is 751 g/mol. The molecule has 0 radical (unpaired) electrons. The maximum Gasteiger partial charge on any atom is 0.416 e. The van der Waals surface area contributed by atoms with Crippen molar-refractivity contribution in [3.63, 3.8) is 0 Å². The van der Waals surface area contributed by atoms with Crippen LogP contribution < -0.4 is 14.4 Å².